The van der Waals surface area contributed by atoms with Crippen molar-refractivity contribution in [3.8, 4) is 12.3 Å². The summed E-state index contributed by atoms with van der Waals surface area (Å²) in [5.41, 5.74) is 1.71. The first-order chi connectivity index (χ1) is 9.47. The highest BCUT2D eigenvalue weighted by Gasteiger charge is 2.21. The van der Waals surface area contributed by atoms with Gasteiger partial charge in [0.15, 0.2) is 0 Å². The van der Waals surface area contributed by atoms with Crippen LogP contribution in [0.4, 0.5) is 0 Å². The van der Waals surface area contributed by atoms with Gasteiger partial charge in [-0.05, 0) is 55.1 Å². The number of terminal acetylenes is 1. The molecule has 1 fully saturated rings. The third-order valence-electron chi connectivity index (χ3n) is 3.46. The van der Waals surface area contributed by atoms with Gasteiger partial charge in [-0.3, -0.25) is 0 Å². The van der Waals surface area contributed by atoms with Crippen LogP contribution in [0.1, 0.15) is 66.5 Å². The second kappa shape index (κ2) is 5.92. The molecule has 0 heterocycles. The Bertz CT molecular complexity index is 484. The summed E-state index contributed by atoms with van der Waals surface area (Å²) in [5, 5.41) is 0. The molecule has 0 nitrogen and oxygen atoms in total. The summed E-state index contributed by atoms with van der Waals surface area (Å²) < 4.78 is 25.1. The average Bonchev–Trinajstić information content (AvgIpc) is 2.38. The van der Waals surface area contributed by atoms with Crippen molar-refractivity contribution in [2.24, 2.45) is 5.92 Å². The summed E-state index contributed by atoms with van der Waals surface area (Å²) in [5.74, 6) is 2.57. The molecule has 2 rings (SSSR count). The van der Waals surface area contributed by atoms with Gasteiger partial charge in [0.1, 0.15) is 0 Å². The third-order valence-corrected chi connectivity index (χ3v) is 3.46. The van der Waals surface area contributed by atoms with Crippen LogP contribution in [0, 0.1) is 18.3 Å². The summed E-state index contributed by atoms with van der Waals surface area (Å²) in [7, 11) is 0. The van der Waals surface area contributed by atoms with E-state index in [4.69, 9.17) is 10.5 Å². The third kappa shape index (κ3) is 3.13. The van der Waals surface area contributed by atoms with Crippen LogP contribution in [0.15, 0.2) is 24.3 Å². The standard InChI is InChI=1S/C17H22/c1-3-5-15-8-12-17(13-9-15)16-10-6-14(4-2)7-11-16/h2,6-7,10-11,15,17H,3,5,8-9,12-13H2,1H3/t15-,17?/i12D,13D2/t12-,15-,17?/m1/s1. The van der Waals surface area contributed by atoms with Crippen molar-refractivity contribution in [2.45, 2.75) is 51.3 Å². The molecule has 3 atom stereocenters. The van der Waals surface area contributed by atoms with Gasteiger partial charge < -0.3 is 0 Å². The lowest BCUT2D eigenvalue weighted by Gasteiger charge is -2.28. The average molecular weight is 229 g/mol. The molecule has 1 saturated carbocycles. The Morgan fingerprint density at radius 2 is 2.12 bits per heavy atom. The van der Waals surface area contributed by atoms with Crippen molar-refractivity contribution in [3.05, 3.63) is 35.4 Å². The number of hydrogen-bond acceptors (Lipinski definition) is 0. The Morgan fingerprint density at radius 1 is 1.35 bits per heavy atom. The molecular weight excluding hydrogens is 204 g/mol. The quantitative estimate of drug-likeness (QED) is 0.657. The Labute approximate surface area is 110 Å². The smallest absolute Gasteiger partial charge is 0.0273 e. The molecule has 90 valence electrons. The number of rotatable bonds is 3. The van der Waals surface area contributed by atoms with Crippen LogP contribution in [0.5, 0.6) is 0 Å². The van der Waals surface area contributed by atoms with Gasteiger partial charge in [0.25, 0.3) is 0 Å². The first-order valence-corrected chi connectivity index (χ1v) is 6.46. The topological polar surface area (TPSA) is 0 Å². The van der Waals surface area contributed by atoms with Gasteiger partial charge in [-0.25, -0.2) is 0 Å². The predicted octanol–water partition coefficient (Wildman–Crippen LogP) is 4.74. The number of hydrogen-bond donors (Lipinski definition) is 0. The molecule has 0 N–H and O–H groups in total. The molecule has 0 bridgehead atoms. The van der Waals surface area contributed by atoms with E-state index in [-0.39, 0.29) is 12.3 Å². The van der Waals surface area contributed by atoms with Gasteiger partial charge in [-0.15, -0.1) is 6.42 Å². The zero-order valence-electron chi connectivity index (χ0n) is 13.4. The first-order valence-electron chi connectivity index (χ1n) is 8.04. The van der Waals surface area contributed by atoms with Gasteiger partial charge in [0.05, 0.1) is 0 Å². The van der Waals surface area contributed by atoms with Crippen LogP contribution in [0.25, 0.3) is 0 Å². The molecule has 17 heavy (non-hydrogen) atoms. The van der Waals surface area contributed by atoms with Crippen molar-refractivity contribution in [1.29, 1.82) is 0 Å². The second-order valence-electron chi connectivity index (χ2n) is 4.78. The van der Waals surface area contributed by atoms with Gasteiger partial charge in [0, 0.05) is 9.68 Å². The summed E-state index contributed by atoms with van der Waals surface area (Å²) in [4.78, 5) is 0. The molecule has 1 aliphatic rings. The highest BCUT2D eigenvalue weighted by Crippen LogP contribution is 2.37. The minimum absolute atomic E-state index is 0.345. The normalized spacial score (nSPS) is 34.1. The Morgan fingerprint density at radius 3 is 2.71 bits per heavy atom. The minimum Gasteiger partial charge on any atom is -0.115 e. The van der Waals surface area contributed by atoms with Crippen LogP contribution >= 0.6 is 0 Å². The van der Waals surface area contributed by atoms with E-state index in [1.807, 2.05) is 24.3 Å². The monoisotopic (exact) mass is 229 g/mol. The molecule has 1 aromatic rings. The summed E-state index contributed by atoms with van der Waals surface area (Å²) in [6.45, 7) is 2.12. The molecular formula is C17H22. The largest absolute Gasteiger partial charge is 0.115 e. The van der Waals surface area contributed by atoms with Gasteiger partial charge in [0.2, 0.25) is 0 Å². The van der Waals surface area contributed by atoms with E-state index < -0.39 is 6.37 Å². The van der Waals surface area contributed by atoms with Crippen molar-refractivity contribution in [3.63, 3.8) is 0 Å². The molecule has 0 radical (unpaired) electrons. The second-order valence-corrected chi connectivity index (χ2v) is 4.78. The van der Waals surface area contributed by atoms with Gasteiger partial charge in [-0.2, -0.15) is 0 Å². The maximum absolute atomic E-state index is 8.37. The van der Waals surface area contributed by atoms with E-state index >= 15 is 0 Å². The SMILES string of the molecule is [2H][C@@H]1C[C@@H](CCC)CC([2H])([2H])C1c1ccc(C#C)cc1. The lowest BCUT2D eigenvalue weighted by molar-refractivity contribution is 0.308. The fraction of sp³-hybridized carbons (Fsp3) is 0.529. The fourth-order valence-electron chi connectivity index (χ4n) is 2.46. The summed E-state index contributed by atoms with van der Waals surface area (Å²) in [6, 6.07) is 7.46. The van der Waals surface area contributed by atoms with Gasteiger partial charge >= 0.3 is 0 Å². The minimum atomic E-state index is -1.30. The number of benzene rings is 1. The molecule has 0 saturated heterocycles. The zero-order chi connectivity index (χ0) is 14.8. The molecule has 0 aliphatic heterocycles. The van der Waals surface area contributed by atoms with E-state index in [9.17, 15) is 0 Å². The zero-order valence-corrected chi connectivity index (χ0v) is 10.4. The Hall–Kier alpha value is -1.22. The molecule has 1 unspecified atom stereocenters. The van der Waals surface area contributed by atoms with Crippen LogP contribution in [-0.2, 0) is 0 Å². The van der Waals surface area contributed by atoms with E-state index in [0.29, 0.717) is 12.3 Å². The predicted molar refractivity (Wildman–Crippen MR) is 74.0 cm³/mol. The van der Waals surface area contributed by atoms with E-state index in [1.54, 1.807) is 0 Å². The van der Waals surface area contributed by atoms with Crippen molar-refractivity contribution >= 4 is 0 Å². The summed E-state index contributed by atoms with van der Waals surface area (Å²) >= 11 is 0. The molecule has 1 aliphatic carbocycles. The fourth-order valence-corrected chi connectivity index (χ4v) is 2.46. The summed E-state index contributed by atoms with van der Waals surface area (Å²) in [6.07, 6.45) is 7.14. The highest BCUT2D eigenvalue weighted by molar-refractivity contribution is 5.35. The van der Waals surface area contributed by atoms with Crippen molar-refractivity contribution in [1.82, 2.24) is 0 Å². The van der Waals surface area contributed by atoms with Crippen LogP contribution in [0.3, 0.4) is 0 Å². The van der Waals surface area contributed by atoms with E-state index in [2.05, 4.69) is 12.8 Å². The highest BCUT2D eigenvalue weighted by atomic mass is 14.3. The molecule has 0 spiro atoms. The van der Waals surface area contributed by atoms with Crippen LogP contribution < -0.4 is 0 Å². The first kappa shape index (κ1) is 8.81. The Balaban J connectivity index is 2.24. The lowest BCUT2D eigenvalue weighted by atomic mass is 9.77. The molecule has 0 amide bonds. The van der Waals surface area contributed by atoms with Crippen molar-refractivity contribution < 1.29 is 4.11 Å². The maximum atomic E-state index is 8.37. The molecule has 0 aromatic heterocycles. The molecule has 1 aromatic carbocycles. The van der Waals surface area contributed by atoms with E-state index in [1.165, 1.54) is 0 Å². The van der Waals surface area contributed by atoms with Crippen LogP contribution in [-0.4, -0.2) is 0 Å². The van der Waals surface area contributed by atoms with Gasteiger partial charge in [-0.1, -0.05) is 37.8 Å². The van der Waals surface area contributed by atoms with Crippen LogP contribution in [0.2, 0.25) is 0 Å². The molecule has 0 heteroatoms. The van der Waals surface area contributed by atoms with E-state index in [0.717, 1.165) is 30.4 Å². The lowest BCUT2D eigenvalue weighted by Crippen LogP contribution is -2.13. The Kier molecular flexibility index (Phi) is 3.07. The van der Waals surface area contributed by atoms with Crippen molar-refractivity contribution in [2.75, 3.05) is 0 Å². The maximum Gasteiger partial charge on any atom is 0.0273 e.